The van der Waals surface area contributed by atoms with Gasteiger partial charge in [-0.2, -0.15) is 0 Å². The van der Waals surface area contributed by atoms with Gasteiger partial charge in [-0.25, -0.2) is 19.3 Å². The number of carbonyl (C=O) groups excluding carboxylic acids is 2. The third kappa shape index (κ3) is 4.57. The Morgan fingerprint density at radius 2 is 1.69 bits per heavy atom. The van der Waals surface area contributed by atoms with Gasteiger partial charge in [-0.15, -0.1) is 11.3 Å². The molecule has 1 N–H and O–H groups in total. The maximum absolute atomic E-state index is 13.0. The first-order valence-electron chi connectivity index (χ1n) is 10.2. The van der Waals surface area contributed by atoms with E-state index in [1.807, 2.05) is 31.2 Å². The van der Waals surface area contributed by atoms with E-state index in [0.717, 1.165) is 16.9 Å². The molecule has 0 saturated carbocycles. The molecule has 3 aromatic rings. The minimum atomic E-state index is -0.577. The van der Waals surface area contributed by atoms with Gasteiger partial charge in [0.1, 0.15) is 15.4 Å². The SMILES string of the molecule is CCOC(=O)c1sc(N=Cc2c(C)[nH]n(-c3ccc(C)cc3)c2=O)c(C(=O)OCC)c1C. The lowest BCUT2D eigenvalue weighted by Crippen LogP contribution is -2.17. The molecule has 0 fully saturated rings. The monoisotopic (exact) mass is 455 g/mol. The zero-order chi connectivity index (χ0) is 23.4. The lowest BCUT2D eigenvalue weighted by Gasteiger charge is -2.03. The predicted octanol–water partition coefficient (Wildman–Crippen LogP) is 4.26. The predicted molar refractivity (Wildman–Crippen MR) is 124 cm³/mol. The van der Waals surface area contributed by atoms with Crippen LogP contribution in [-0.2, 0) is 9.47 Å². The van der Waals surface area contributed by atoms with Gasteiger partial charge in [-0.3, -0.25) is 9.89 Å². The quantitative estimate of drug-likeness (QED) is 0.424. The number of esters is 2. The van der Waals surface area contributed by atoms with Crippen LogP contribution in [0, 0.1) is 20.8 Å². The van der Waals surface area contributed by atoms with Crippen molar-refractivity contribution in [3.8, 4) is 5.69 Å². The third-order valence-electron chi connectivity index (χ3n) is 4.79. The fraction of sp³-hybridized carbons (Fsp3) is 0.304. The van der Waals surface area contributed by atoms with Gasteiger partial charge in [-0.05, 0) is 52.3 Å². The third-order valence-corrected chi connectivity index (χ3v) is 5.97. The second kappa shape index (κ2) is 9.78. The number of nitrogens with one attached hydrogen (secondary N) is 1. The van der Waals surface area contributed by atoms with E-state index in [0.29, 0.717) is 22.5 Å². The van der Waals surface area contributed by atoms with Crippen molar-refractivity contribution < 1.29 is 19.1 Å². The molecule has 3 rings (SSSR count). The Kier molecular flexibility index (Phi) is 7.09. The van der Waals surface area contributed by atoms with Crippen molar-refractivity contribution in [2.24, 2.45) is 4.99 Å². The van der Waals surface area contributed by atoms with E-state index in [-0.39, 0.29) is 34.2 Å². The summed E-state index contributed by atoms with van der Waals surface area (Å²) in [6.45, 7) is 9.20. The van der Waals surface area contributed by atoms with Gasteiger partial charge in [0.05, 0.1) is 24.5 Å². The molecule has 0 amide bonds. The molecule has 1 aromatic carbocycles. The number of rotatable bonds is 7. The van der Waals surface area contributed by atoms with E-state index in [1.54, 1.807) is 27.7 Å². The maximum atomic E-state index is 13.0. The van der Waals surface area contributed by atoms with Gasteiger partial charge in [-0.1, -0.05) is 17.7 Å². The lowest BCUT2D eigenvalue weighted by atomic mass is 10.1. The molecule has 0 bridgehead atoms. The van der Waals surface area contributed by atoms with Crippen LogP contribution in [0.1, 0.15) is 56.3 Å². The van der Waals surface area contributed by atoms with Crippen LogP contribution in [0.25, 0.3) is 5.69 Å². The summed E-state index contributed by atoms with van der Waals surface area (Å²) >= 11 is 1.03. The number of aromatic nitrogens is 2. The highest BCUT2D eigenvalue weighted by Gasteiger charge is 2.26. The lowest BCUT2D eigenvalue weighted by molar-refractivity contribution is 0.0527. The van der Waals surface area contributed by atoms with E-state index < -0.39 is 11.9 Å². The van der Waals surface area contributed by atoms with E-state index >= 15 is 0 Å². The Bertz CT molecular complexity index is 1230. The molecular weight excluding hydrogens is 430 g/mol. The summed E-state index contributed by atoms with van der Waals surface area (Å²) in [7, 11) is 0. The van der Waals surface area contributed by atoms with E-state index in [1.165, 1.54) is 10.9 Å². The summed E-state index contributed by atoms with van der Waals surface area (Å²) in [4.78, 5) is 42.5. The molecule has 9 heteroatoms. The number of benzene rings is 1. The Labute approximate surface area is 189 Å². The van der Waals surface area contributed by atoms with Crippen LogP contribution < -0.4 is 5.56 Å². The number of aryl methyl sites for hydroxylation is 2. The van der Waals surface area contributed by atoms with Crippen molar-refractivity contribution in [3.63, 3.8) is 0 Å². The largest absolute Gasteiger partial charge is 0.462 e. The molecule has 0 aliphatic heterocycles. The van der Waals surface area contributed by atoms with Crippen LogP contribution >= 0.6 is 11.3 Å². The van der Waals surface area contributed by atoms with Crippen molar-refractivity contribution in [3.05, 3.63) is 67.4 Å². The van der Waals surface area contributed by atoms with Gasteiger partial charge < -0.3 is 9.47 Å². The Morgan fingerprint density at radius 3 is 2.31 bits per heavy atom. The minimum absolute atomic E-state index is 0.185. The summed E-state index contributed by atoms with van der Waals surface area (Å²) in [6.07, 6.45) is 1.40. The standard InChI is InChI=1S/C23H25N3O5S/c1-6-30-22(28)18-14(4)19(23(29)31-7-2)32-20(18)24-12-17-15(5)25-26(21(17)27)16-10-8-13(3)9-11-16/h8-12,25H,6-7H2,1-5H3. The molecule has 0 aliphatic rings. The normalized spacial score (nSPS) is 11.2. The number of carbonyl (C=O) groups is 2. The number of ether oxygens (including phenoxy) is 2. The van der Waals surface area contributed by atoms with Gasteiger partial charge in [0, 0.05) is 11.9 Å². The first kappa shape index (κ1) is 23.2. The van der Waals surface area contributed by atoms with Crippen LogP contribution in [0.5, 0.6) is 0 Å². The number of thiophene rings is 1. The van der Waals surface area contributed by atoms with Crippen molar-refractivity contribution in [1.29, 1.82) is 0 Å². The van der Waals surface area contributed by atoms with Crippen molar-refractivity contribution in [2.45, 2.75) is 34.6 Å². The number of hydrogen-bond donors (Lipinski definition) is 1. The van der Waals surface area contributed by atoms with Gasteiger partial charge >= 0.3 is 11.9 Å². The Morgan fingerprint density at radius 1 is 1.06 bits per heavy atom. The highest BCUT2D eigenvalue weighted by Crippen LogP contribution is 2.36. The molecule has 0 atom stereocenters. The van der Waals surface area contributed by atoms with Gasteiger partial charge in [0.25, 0.3) is 5.56 Å². The average Bonchev–Trinajstić information content (AvgIpc) is 3.23. The number of nitrogens with zero attached hydrogens (tertiary/aromatic N) is 2. The summed E-state index contributed by atoms with van der Waals surface area (Å²) < 4.78 is 11.7. The molecule has 2 heterocycles. The number of aliphatic imine (C=N–C) groups is 1. The smallest absolute Gasteiger partial charge is 0.348 e. The summed E-state index contributed by atoms with van der Waals surface area (Å²) in [5, 5.41) is 3.33. The van der Waals surface area contributed by atoms with Crippen LogP contribution in [0.15, 0.2) is 34.1 Å². The Balaban J connectivity index is 2.04. The molecule has 8 nitrogen and oxygen atoms in total. The first-order valence-corrected chi connectivity index (χ1v) is 11.0. The highest BCUT2D eigenvalue weighted by molar-refractivity contribution is 7.18. The second-order valence-electron chi connectivity index (χ2n) is 7.06. The topological polar surface area (TPSA) is 103 Å². The molecule has 2 aromatic heterocycles. The molecule has 0 spiro atoms. The zero-order valence-electron chi connectivity index (χ0n) is 18.6. The van der Waals surface area contributed by atoms with Crippen molar-refractivity contribution in [1.82, 2.24) is 9.78 Å². The minimum Gasteiger partial charge on any atom is -0.462 e. The molecule has 0 unspecified atom stereocenters. The number of H-pyrrole nitrogens is 1. The van der Waals surface area contributed by atoms with Crippen LogP contribution in [0.3, 0.4) is 0 Å². The fourth-order valence-electron chi connectivity index (χ4n) is 3.13. The molecule has 32 heavy (non-hydrogen) atoms. The summed E-state index contributed by atoms with van der Waals surface area (Å²) in [6, 6.07) is 7.53. The average molecular weight is 456 g/mol. The van der Waals surface area contributed by atoms with Crippen molar-refractivity contribution >= 4 is 34.5 Å². The van der Waals surface area contributed by atoms with E-state index in [4.69, 9.17) is 9.47 Å². The van der Waals surface area contributed by atoms with Crippen LogP contribution in [-0.4, -0.2) is 41.1 Å². The summed E-state index contributed by atoms with van der Waals surface area (Å²) in [5.74, 6) is -1.10. The molecule has 0 radical (unpaired) electrons. The fourth-order valence-corrected chi connectivity index (χ4v) is 4.17. The number of hydrogen-bond acceptors (Lipinski definition) is 7. The number of aromatic amines is 1. The summed E-state index contributed by atoms with van der Waals surface area (Å²) in [5.41, 5.74) is 3.13. The molecular formula is C23H25N3O5S. The van der Waals surface area contributed by atoms with E-state index in [2.05, 4.69) is 10.1 Å². The van der Waals surface area contributed by atoms with Crippen LogP contribution in [0.2, 0.25) is 0 Å². The molecule has 168 valence electrons. The zero-order valence-corrected chi connectivity index (χ0v) is 19.5. The molecule has 0 aliphatic carbocycles. The van der Waals surface area contributed by atoms with Crippen molar-refractivity contribution in [2.75, 3.05) is 13.2 Å². The Hall–Kier alpha value is -3.46. The van der Waals surface area contributed by atoms with Gasteiger partial charge in [0.15, 0.2) is 0 Å². The van der Waals surface area contributed by atoms with Gasteiger partial charge in [0.2, 0.25) is 0 Å². The second-order valence-corrected chi connectivity index (χ2v) is 8.06. The van der Waals surface area contributed by atoms with E-state index in [9.17, 15) is 14.4 Å². The van der Waals surface area contributed by atoms with Crippen LogP contribution in [0.4, 0.5) is 5.00 Å². The maximum Gasteiger partial charge on any atom is 0.348 e. The first-order chi connectivity index (χ1) is 15.3. The highest BCUT2D eigenvalue weighted by atomic mass is 32.1. The molecule has 0 saturated heterocycles.